The molecule has 0 fully saturated rings. The van der Waals surface area contributed by atoms with Gasteiger partial charge in [-0.05, 0) is 31.0 Å². The van der Waals surface area contributed by atoms with Gasteiger partial charge in [-0.15, -0.1) is 0 Å². The van der Waals surface area contributed by atoms with Crippen LogP contribution >= 0.6 is 0 Å². The fourth-order valence-corrected chi connectivity index (χ4v) is 3.63. The molecule has 2 heterocycles. The van der Waals surface area contributed by atoms with E-state index in [0.29, 0.717) is 28.0 Å². The number of hydrogen-bond acceptors (Lipinski definition) is 4. The third-order valence-electron chi connectivity index (χ3n) is 5.34. The Bertz CT molecular complexity index is 1360. The summed E-state index contributed by atoms with van der Waals surface area (Å²) in [5, 5.41) is 8.63. The van der Waals surface area contributed by atoms with Gasteiger partial charge in [0, 0.05) is 28.6 Å². The van der Waals surface area contributed by atoms with Gasteiger partial charge >= 0.3 is 0 Å². The van der Waals surface area contributed by atoms with E-state index in [1.807, 2.05) is 55.5 Å². The molecule has 3 aromatic carbocycles. The van der Waals surface area contributed by atoms with Crippen LogP contribution in [-0.4, -0.2) is 20.2 Å². The predicted octanol–water partition coefficient (Wildman–Crippen LogP) is 5.76. The first-order valence-corrected chi connectivity index (χ1v) is 9.72. The highest BCUT2D eigenvalue weighted by molar-refractivity contribution is 5.94. The Kier molecular flexibility index (Phi) is 4.39. The third kappa shape index (κ3) is 3.06. The molecule has 5 aromatic rings. The van der Waals surface area contributed by atoms with Crippen LogP contribution < -0.4 is 4.74 Å². The highest BCUT2D eigenvalue weighted by Gasteiger charge is 2.17. The van der Waals surface area contributed by atoms with Gasteiger partial charge in [0.05, 0.1) is 11.7 Å². The van der Waals surface area contributed by atoms with E-state index in [-0.39, 0.29) is 11.9 Å². The van der Waals surface area contributed by atoms with Crippen LogP contribution in [0.25, 0.3) is 33.2 Å². The molecule has 0 bridgehead atoms. The Morgan fingerprint density at radius 1 is 1.00 bits per heavy atom. The van der Waals surface area contributed by atoms with Crippen molar-refractivity contribution in [2.75, 3.05) is 0 Å². The Labute approximate surface area is 172 Å². The topological polar surface area (TPSA) is 63.7 Å². The highest BCUT2D eigenvalue weighted by atomic mass is 19.1. The smallest absolute Gasteiger partial charge is 0.160 e. The van der Waals surface area contributed by atoms with Gasteiger partial charge in [0.1, 0.15) is 23.2 Å². The number of fused-ring (bicyclic) bond motifs is 2. The van der Waals surface area contributed by atoms with Crippen molar-refractivity contribution in [3.63, 3.8) is 0 Å². The SMILES string of the molecule is Cc1c(F)cc(O[C@@H](C)c2ccccc2)c2nc(-c3cccc4[nH]ncc34)ncc12. The number of H-pyrrole nitrogens is 1. The van der Waals surface area contributed by atoms with Crippen molar-refractivity contribution in [2.45, 2.75) is 20.0 Å². The summed E-state index contributed by atoms with van der Waals surface area (Å²) in [5.41, 5.74) is 3.84. The normalized spacial score (nSPS) is 12.4. The molecule has 0 saturated carbocycles. The van der Waals surface area contributed by atoms with Crippen molar-refractivity contribution in [3.05, 3.63) is 83.9 Å². The number of benzene rings is 3. The Morgan fingerprint density at radius 2 is 1.83 bits per heavy atom. The van der Waals surface area contributed by atoms with E-state index in [1.54, 1.807) is 19.3 Å². The lowest BCUT2D eigenvalue weighted by atomic mass is 10.1. The Balaban J connectivity index is 1.66. The zero-order chi connectivity index (χ0) is 20.7. The minimum Gasteiger partial charge on any atom is -0.484 e. The summed E-state index contributed by atoms with van der Waals surface area (Å²) in [5.74, 6) is 0.594. The molecule has 30 heavy (non-hydrogen) atoms. The van der Waals surface area contributed by atoms with Crippen LogP contribution in [0.15, 0.2) is 67.0 Å². The van der Waals surface area contributed by atoms with Gasteiger partial charge < -0.3 is 4.74 Å². The molecule has 0 spiro atoms. The molecule has 0 unspecified atom stereocenters. The predicted molar refractivity (Wildman–Crippen MR) is 115 cm³/mol. The lowest BCUT2D eigenvalue weighted by molar-refractivity contribution is 0.228. The van der Waals surface area contributed by atoms with Crippen molar-refractivity contribution >= 4 is 21.8 Å². The summed E-state index contributed by atoms with van der Waals surface area (Å²) in [6.07, 6.45) is 3.16. The second kappa shape index (κ2) is 7.22. The molecular formula is C24H19FN4O. The lowest BCUT2D eigenvalue weighted by Crippen LogP contribution is -2.05. The minimum atomic E-state index is -0.342. The second-order valence-corrected chi connectivity index (χ2v) is 7.24. The first-order valence-electron chi connectivity index (χ1n) is 9.72. The maximum atomic E-state index is 14.6. The van der Waals surface area contributed by atoms with Crippen LogP contribution in [0.5, 0.6) is 5.75 Å². The third-order valence-corrected chi connectivity index (χ3v) is 5.34. The standard InChI is InChI=1S/C24H19FN4O/c1-14-18-12-26-24(17-9-6-10-21-19(17)13-27-29-21)28-23(18)22(11-20(14)25)30-15(2)16-7-4-3-5-8-16/h3-13,15H,1-2H3,(H,27,29)/t15-/m0/s1. The molecule has 5 nitrogen and oxygen atoms in total. The maximum Gasteiger partial charge on any atom is 0.160 e. The van der Waals surface area contributed by atoms with Gasteiger partial charge in [0.2, 0.25) is 0 Å². The second-order valence-electron chi connectivity index (χ2n) is 7.24. The average molecular weight is 398 g/mol. The monoisotopic (exact) mass is 398 g/mol. The highest BCUT2D eigenvalue weighted by Crippen LogP contribution is 2.34. The molecular weight excluding hydrogens is 379 g/mol. The number of rotatable bonds is 4. The van der Waals surface area contributed by atoms with Crippen molar-refractivity contribution in [2.24, 2.45) is 0 Å². The Hall–Kier alpha value is -3.80. The molecule has 0 aliphatic rings. The zero-order valence-electron chi connectivity index (χ0n) is 16.6. The molecule has 0 aliphatic carbocycles. The molecule has 5 rings (SSSR count). The van der Waals surface area contributed by atoms with E-state index < -0.39 is 0 Å². The summed E-state index contributed by atoms with van der Waals surface area (Å²) < 4.78 is 20.8. The number of nitrogens with one attached hydrogen (secondary N) is 1. The van der Waals surface area contributed by atoms with Crippen molar-refractivity contribution in [3.8, 4) is 17.1 Å². The van der Waals surface area contributed by atoms with Crippen molar-refractivity contribution in [1.29, 1.82) is 0 Å². The first-order chi connectivity index (χ1) is 14.6. The van der Waals surface area contributed by atoms with E-state index in [0.717, 1.165) is 22.0 Å². The van der Waals surface area contributed by atoms with E-state index in [9.17, 15) is 4.39 Å². The average Bonchev–Trinajstić information content (AvgIpc) is 3.26. The summed E-state index contributed by atoms with van der Waals surface area (Å²) in [4.78, 5) is 9.29. The summed E-state index contributed by atoms with van der Waals surface area (Å²) in [7, 11) is 0. The molecule has 6 heteroatoms. The summed E-state index contributed by atoms with van der Waals surface area (Å²) in [6.45, 7) is 3.66. The fourth-order valence-electron chi connectivity index (χ4n) is 3.63. The van der Waals surface area contributed by atoms with Gasteiger partial charge in [0.15, 0.2) is 5.82 Å². The quantitative estimate of drug-likeness (QED) is 0.418. The van der Waals surface area contributed by atoms with E-state index in [1.165, 1.54) is 6.07 Å². The molecule has 2 aromatic heterocycles. The molecule has 0 amide bonds. The zero-order valence-corrected chi connectivity index (χ0v) is 16.6. The number of aryl methyl sites for hydroxylation is 1. The minimum absolute atomic E-state index is 0.257. The van der Waals surface area contributed by atoms with Crippen molar-refractivity contribution in [1.82, 2.24) is 20.2 Å². The van der Waals surface area contributed by atoms with E-state index in [2.05, 4.69) is 15.2 Å². The van der Waals surface area contributed by atoms with Crippen LogP contribution in [0.2, 0.25) is 0 Å². The van der Waals surface area contributed by atoms with Crippen molar-refractivity contribution < 1.29 is 9.13 Å². The van der Waals surface area contributed by atoms with E-state index in [4.69, 9.17) is 9.72 Å². The number of aromatic amines is 1. The number of halogens is 1. The number of aromatic nitrogens is 4. The molecule has 0 saturated heterocycles. The van der Waals surface area contributed by atoms with Crippen LogP contribution in [0.1, 0.15) is 24.2 Å². The van der Waals surface area contributed by atoms with Gasteiger partial charge in [-0.25, -0.2) is 14.4 Å². The van der Waals surface area contributed by atoms with Crippen LogP contribution in [0.4, 0.5) is 4.39 Å². The molecule has 1 atom stereocenters. The first kappa shape index (κ1) is 18.2. The molecule has 1 N–H and O–H groups in total. The lowest BCUT2D eigenvalue weighted by Gasteiger charge is -2.17. The molecule has 0 radical (unpaired) electrons. The van der Waals surface area contributed by atoms with Gasteiger partial charge in [-0.3, -0.25) is 5.10 Å². The Morgan fingerprint density at radius 3 is 2.67 bits per heavy atom. The van der Waals surface area contributed by atoms with Gasteiger partial charge in [0.25, 0.3) is 0 Å². The van der Waals surface area contributed by atoms with Crippen LogP contribution in [0, 0.1) is 12.7 Å². The van der Waals surface area contributed by atoms with Crippen LogP contribution in [0.3, 0.4) is 0 Å². The molecule has 148 valence electrons. The molecule has 0 aliphatic heterocycles. The fraction of sp³-hybridized carbons (Fsp3) is 0.125. The van der Waals surface area contributed by atoms with Gasteiger partial charge in [-0.2, -0.15) is 5.10 Å². The summed E-state index contributed by atoms with van der Waals surface area (Å²) in [6, 6.07) is 17.1. The van der Waals surface area contributed by atoms with Crippen LogP contribution in [-0.2, 0) is 0 Å². The largest absolute Gasteiger partial charge is 0.484 e. The van der Waals surface area contributed by atoms with E-state index >= 15 is 0 Å². The summed E-state index contributed by atoms with van der Waals surface area (Å²) >= 11 is 0. The van der Waals surface area contributed by atoms with Gasteiger partial charge in [-0.1, -0.05) is 42.5 Å². The maximum absolute atomic E-state index is 14.6. The number of nitrogens with zero attached hydrogens (tertiary/aromatic N) is 3. The number of hydrogen-bond donors (Lipinski definition) is 1. The number of ether oxygens (including phenoxy) is 1.